The first kappa shape index (κ1) is 34.5. The minimum atomic E-state index is 0. The van der Waals surface area contributed by atoms with Gasteiger partial charge in [-0.05, 0) is 123 Å². The maximum Gasteiger partial charge on any atom is 0.160 e. The minimum Gasteiger partial charge on any atom is -0.504 e. The maximum absolute atomic E-state index is 10.2. The molecule has 0 bridgehead atoms. The van der Waals surface area contributed by atoms with Gasteiger partial charge in [0.15, 0.2) is 11.5 Å². The number of hydrogen-bond acceptors (Lipinski definition) is 5. The summed E-state index contributed by atoms with van der Waals surface area (Å²) in [6.07, 6.45) is 9.28. The van der Waals surface area contributed by atoms with Crippen molar-refractivity contribution in [1.82, 2.24) is 9.80 Å². The highest BCUT2D eigenvalue weighted by molar-refractivity contribution is 8.93. The predicted octanol–water partition coefficient (Wildman–Crippen LogP) is 9.07. The smallest absolute Gasteiger partial charge is 0.160 e. The highest BCUT2D eigenvalue weighted by atomic mass is 79.9. The Morgan fingerprint density at radius 2 is 1.15 bits per heavy atom. The zero-order valence-corrected chi connectivity index (χ0v) is 30.2. The van der Waals surface area contributed by atoms with E-state index in [1.165, 1.54) is 66.5 Å². The molecule has 5 nitrogen and oxygen atoms in total. The Morgan fingerprint density at radius 3 is 1.69 bits per heavy atom. The number of phenols is 2. The number of ether oxygens (including phenoxy) is 1. The predicted molar refractivity (Wildman–Crippen MR) is 200 cm³/mol. The van der Waals surface area contributed by atoms with Crippen LogP contribution in [-0.4, -0.2) is 52.3 Å². The fraction of sp³-hybridized carbons (Fsp3) is 0.429. The maximum atomic E-state index is 10.2. The SMILES string of the molecule is Br.COc1c(C)ccc2c1CC[C@H]1[C@H]2CCCN1Cc1ccccc1.Oc1ccc2c(c1O)CC[C@H]1[C@H]2CCCN1Cc1ccccc1. The summed E-state index contributed by atoms with van der Waals surface area (Å²) in [4.78, 5) is 5.33. The number of benzene rings is 4. The lowest BCUT2D eigenvalue weighted by Gasteiger charge is -2.45. The first-order chi connectivity index (χ1) is 23.0. The van der Waals surface area contributed by atoms with E-state index in [0.717, 1.165) is 50.2 Å². The average Bonchev–Trinajstić information content (AvgIpc) is 3.11. The molecule has 2 saturated heterocycles. The van der Waals surface area contributed by atoms with Gasteiger partial charge in [-0.15, -0.1) is 17.0 Å². The molecule has 0 spiro atoms. The summed E-state index contributed by atoms with van der Waals surface area (Å²) in [5.74, 6) is 2.38. The quantitative estimate of drug-likeness (QED) is 0.203. The molecule has 8 rings (SSSR count). The summed E-state index contributed by atoms with van der Waals surface area (Å²) < 4.78 is 5.73. The highest BCUT2D eigenvalue weighted by Gasteiger charge is 2.38. The number of likely N-dealkylation sites (tertiary alicyclic amines) is 2. The number of phenolic OH excluding ortho intramolecular Hbond substituents is 2. The summed E-state index contributed by atoms with van der Waals surface area (Å²) in [6, 6.07) is 31.1. The monoisotopic (exact) mass is 710 g/mol. The molecule has 4 aromatic rings. The summed E-state index contributed by atoms with van der Waals surface area (Å²) in [6.45, 7) is 6.62. The van der Waals surface area contributed by atoms with Gasteiger partial charge in [-0.3, -0.25) is 9.80 Å². The Kier molecular flexibility index (Phi) is 11.1. The molecule has 4 aliphatic rings. The molecular formula is C42H51BrN2O3. The van der Waals surface area contributed by atoms with Crippen molar-refractivity contribution >= 4 is 17.0 Å². The van der Waals surface area contributed by atoms with Crippen LogP contribution in [0.25, 0.3) is 0 Å². The Labute approximate surface area is 297 Å². The van der Waals surface area contributed by atoms with Crippen LogP contribution in [0.4, 0.5) is 0 Å². The second kappa shape index (κ2) is 15.5. The van der Waals surface area contributed by atoms with Crippen molar-refractivity contribution in [2.24, 2.45) is 0 Å². The van der Waals surface area contributed by atoms with Crippen LogP contribution in [0.15, 0.2) is 84.9 Å². The molecule has 2 aliphatic carbocycles. The first-order valence-corrected chi connectivity index (χ1v) is 17.8. The molecule has 0 unspecified atom stereocenters. The standard InChI is InChI=1S/C22H27NO.C20H23NO2.BrH/c1-16-10-11-18-19-9-6-14-23(15-17-7-4-3-5-8-17)21(19)13-12-20(18)22(16)24-2;22-19-11-9-15-16-7-4-12-21(13-14-5-2-1-3-6-14)18(16)10-8-17(15)20(19)23;/h3-5,7-8,10-11,19,21H,6,9,12-15H2,1-2H3;1-3,5-6,9,11,16,18,22-23H,4,7-8,10,12-13H2;1H/t19-,21-;16-,18-;/m00./s1. The van der Waals surface area contributed by atoms with Crippen LogP contribution in [0.1, 0.15) is 89.3 Å². The zero-order valence-electron chi connectivity index (χ0n) is 28.5. The van der Waals surface area contributed by atoms with Gasteiger partial charge < -0.3 is 14.9 Å². The molecule has 2 heterocycles. The lowest BCUT2D eigenvalue weighted by Crippen LogP contribution is -2.45. The molecule has 2 fully saturated rings. The van der Waals surface area contributed by atoms with Crippen LogP contribution in [-0.2, 0) is 25.9 Å². The van der Waals surface area contributed by atoms with E-state index in [0.29, 0.717) is 23.9 Å². The van der Waals surface area contributed by atoms with Gasteiger partial charge in [-0.2, -0.15) is 0 Å². The van der Waals surface area contributed by atoms with Gasteiger partial charge in [-0.1, -0.05) is 78.9 Å². The van der Waals surface area contributed by atoms with E-state index in [9.17, 15) is 10.2 Å². The number of aromatic hydroxyl groups is 2. The average molecular weight is 712 g/mol. The van der Waals surface area contributed by atoms with Crippen LogP contribution in [0.5, 0.6) is 17.2 Å². The van der Waals surface area contributed by atoms with Crippen molar-refractivity contribution in [3.63, 3.8) is 0 Å². The molecular weight excluding hydrogens is 660 g/mol. The lowest BCUT2D eigenvalue weighted by atomic mass is 9.73. The third-order valence-corrected chi connectivity index (χ3v) is 11.4. The van der Waals surface area contributed by atoms with Gasteiger partial charge >= 0.3 is 0 Å². The second-order valence-corrected chi connectivity index (χ2v) is 14.1. The van der Waals surface area contributed by atoms with Crippen molar-refractivity contribution < 1.29 is 14.9 Å². The van der Waals surface area contributed by atoms with Crippen LogP contribution in [0.2, 0.25) is 0 Å². The van der Waals surface area contributed by atoms with Crippen molar-refractivity contribution in [1.29, 1.82) is 0 Å². The number of fused-ring (bicyclic) bond motifs is 6. The van der Waals surface area contributed by atoms with Gasteiger partial charge in [0.05, 0.1) is 7.11 Å². The lowest BCUT2D eigenvalue weighted by molar-refractivity contribution is 0.104. The fourth-order valence-corrected chi connectivity index (χ4v) is 9.26. The van der Waals surface area contributed by atoms with Crippen LogP contribution >= 0.6 is 17.0 Å². The second-order valence-electron chi connectivity index (χ2n) is 14.1. The normalized spacial score (nSPS) is 23.2. The van der Waals surface area contributed by atoms with E-state index in [1.54, 1.807) is 11.6 Å². The highest BCUT2D eigenvalue weighted by Crippen LogP contribution is 2.47. The Balaban J connectivity index is 0.000000164. The van der Waals surface area contributed by atoms with Crippen LogP contribution < -0.4 is 4.74 Å². The topological polar surface area (TPSA) is 56.2 Å². The van der Waals surface area contributed by atoms with Gasteiger partial charge in [0.1, 0.15) is 5.75 Å². The van der Waals surface area contributed by atoms with Gasteiger partial charge in [0.25, 0.3) is 0 Å². The minimum absolute atomic E-state index is 0. The van der Waals surface area contributed by atoms with Gasteiger partial charge in [-0.25, -0.2) is 0 Å². The number of hydrogen-bond donors (Lipinski definition) is 2. The summed E-state index contributed by atoms with van der Waals surface area (Å²) in [5.41, 5.74) is 9.30. The molecule has 48 heavy (non-hydrogen) atoms. The van der Waals surface area contributed by atoms with Crippen LogP contribution in [0.3, 0.4) is 0 Å². The van der Waals surface area contributed by atoms with E-state index in [-0.39, 0.29) is 28.5 Å². The molecule has 4 atom stereocenters. The Morgan fingerprint density at radius 1 is 0.646 bits per heavy atom. The summed E-state index contributed by atoms with van der Waals surface area (Å²) in [7, 11) is 1.82. The molecule has 4 aromatic carbocycles. The molecule has 0 saturated carbocycles. The molecule has 6 heteroatoms. The third kappa shape index (κ3) is 7.03. The fourth-order valence-electron chi connectivity index (χ4n) is 9.26. The van der Waals surface area contributed by atoms with Crippen molar-refractivity contribution in [2.45, 2.75) is 95.3 Å². The number of halogens is 1. The summed E-state index contributed by atoms with van der Waals surface area (Å²) >= 11 is 0. The molecule has 2 N–H and O–H groups in total. The molecule has 0 amide bonds. The Hall–Kier alpha value is -3.32. The van der Waals surface area contributed by atoms with E-state index in [4.69, 9.17) is 4.74 Å². The van der Waals surface area contributed by atoms with Crippen molar-refractivity contribution in [3.05, 3.63) is 124 Å². The number of piperidine rings is 2. The summed E-state index contributed by atoms with van der Waals surface area (Å²) in [5, 5.41) is 19.9. The molecule has 254 valence electrons. The largest absolute Gasteiger partial charge is 0.504 e. The molecule has 2 aliphatic heterocycles. The zero-order chi connectivity index (χ0) is 32.3. The van der Waals surface area contributed by atoms with Gasteiger partial charge in [0.2, 0.25) is 0 Å². The first-order valence-electron chi connectivity index (χ1n) is 17.8. The number of rotatable bonds is 5. The number of aryl methyl sites for hydroxylation is 1. The number of methoxy groups -OCH3 is 1. The third-order valence-electron chi connectivity index (χ3n) is 11.4. The van der Waals surface area contributed by atoms with Crippen molar-refractivity contribution in [3.8, 4) is 17.2 Å². The van der Waals surface area contributed by atoms with E-state index in [1.807, 2.05) is 13.2 Å². The number of nitrogens with zero attached hydrogens (tertiary/aromatic N) is 2. The Bertz CT molecular complexity index is 1660. The van der Waals surface area contributed by atoms with Crippen LogP contribution in [0, 0.1) is 6.92 Å². The molecule has 0 aromatic heterocycles. The van der Waals surface area contributed by atoms with Gasteiger partial charge in [0, 0.05) is 30.7 Å². The molecule has 0 radical (unpaired) electrons. The van der Waals surface area contributed by atoms with Crippen molar-refractivity contribution in [2.75, 3.05) is 20.2 Å². The van der Waals surface area contributed by atoms with E-state index >= 15 is 0 Å². The van der Waals surface area contributed by atoms with E-state index in [2.05, 4.69) is 89.5 Å². The van der Waals surface area contributed by atoms with E-state index < -0.39 is 0 Å².